The fourth-order valence-electron chi connectivity index (χ4n) is 3.74. The Morgan fingerprint density at radius 2 is 1.47 bits per heavy atom. The Morgan fingerprint density at radius 1 is 0.853 bits per heavy atom. The van der Waals surface area contributed by atoms with E-state index in [0.29, 0.717) is 38.2 Å². The summed E-state index contributed by atoms with van der Waals surface area (Å²) >= 11 is 12.7. The van der Waals surface area contributed by atoms with Gasteiger partial charge in [0.2, 0.25) is 0 Å². The molecule has 3 aromatic carbocycles. The van der Waals surface area contributed by atoms with Crippen molar-refractivity contribution in [1.29, 1.82) is 0 Å². The van der Waals surface area contributed by atoms with E-state index in [9.17, 15) is 9.59 Å². The molecule has 6 nitrogen and oxygen atoms in total. The van der Waals surface area contributed by atoms with Crippen molar-refractivity contribution in [3.8, 4) is 11.5 Å². The number of benzene rings is 3. The maximum atomic E-state index is 13.5. The van der Waals surface area contributed by atoms with Gasteiger partial charge in [0.05, 0.1) is 36.9 Å². The molecule has 1 amide bonds. The smallest absolute Gasteiger partial charge is 0.255 e. The van der Waals surface area contributed by atoms with E-state index in [1.54, 1.807) is 60.5 Å². The number of fused-ring (bicyclic) bond motifs is 1. The monoisotopic (exact) mass is 496 g/mol. The molecule has 0 saturated carbocycles. The van der Waals surface area contributed by atoms with Gasteiger partial charge in [0.15, 0.2) is 11.5 Å². The Morgan fingerprint density at radius 3 is 2.15 bits per heavy atom. The lowest BCUT2D eigenvalue weighted by atomic mass is 10.1. The summed E-state index contributed by atoms with van der Waals surface area (Å²) in [6.07, 6.45) is 0. The van der Waals surface area contributed by atoms with Crippen molar-refractivity contribution in [1.82, 2.24) is 9.88 Å². The third-order valence-corrected chi connectivity index (χ3v) is 6.20. The van der Waals surface area contributed by atoms with Crippen molar-refractivity contribution in [2.45, 2.75) is 13.1 Å². The van der Waals surface area contributed by atoms with Crippen LogP contribution in [-0.4, -0.2) is 30.0 Å². The number of hydrogen-bond donors (Lipinski definition) is 1. The van der Waals surface area contributed by atoms with Crippen molar-refractivity contribution >= 4 is 40.0 Å². The molecule has 0 bridgehead atoms. The molecule has 0 aliphatic rings. The first-order valence-electron chi connectivity index (χ1n) is 10.5. The Kier molecular flexibility index (Phi) is 7.10. The van der Waals surface area contributed by atoms with Crippen LogP contribution in [0.15, 0.2) is 71.5 Å². The number of amides is 1. The SMILES string of the molecule is COc1cc2cc(CN(Cc3ccccc3Cl)C(=O)c3ccccc3Cl)c(=O)[nH]c2cc1OC. The third-order valence-electron chi connectivity index (χ3n) is 5.50. The molecular formula is C26H22Cl2N2O4. The molecule has 0 fully saturated rings. The number of rotatable bonds is 7. The van der Waals surface area contributed by atoms with Crippen molar-refractivity contribution in [2.24, 2.45) is 0 Å². The summed E-state index contributed by atoms with van der Waals surface area (Å²) in [5, 5.41) is 1.61. The van der Waals surface area contributed by atoms with Gasteiger partial charge in [-0.2, -0.15) is 0 Å². The lowest BCUT2D eigenvalue weighted by molar-refractivity contribution is 0.0729. The third kappa shape index (κ3) is 4.88. The van der Waals surface area contributed by atoms with Gasteiger partial charge in [-0.3, -0.25) is 9.59 Å². The number of pyridine rings is 1. The second kappa shape index (κ2) is 10.2. The molecule has 0 aliphatic carbocycles. The van der Waals surface area contributed by atoms with Gasteiger partial charge < -0.3 is 19.4 Å². The summed E-state index contributed by atoms with van der Waals surface area (Å²) in [4.78, 5) is 30.9. The number of aromatic amines is 1. The predicted molar refractivity (Wildman–Crippen MR) is 134 cm³/mol. The quantitative estimate of drug-likeness (QED) is 0.356. The Labute approximate surface area is 206 Å². The van der Waals surface area contributed by atoms with E-state index in [1.807, 2.05) is 18.2 Å². The maximum Gasteiger partial charge on any atom is 0.255 e. The van der Waals surface area contributed by atoms with E-state index in [4.69, 9.17) is 32.7 Å². The van der Waals surface area contributed by atoms with Crippen LogP contribution in [0, 0.1) is 0 Å². The minimum Gasteiger partial charge on any atom is -0.493 e. The van der Waals surface area contributed by atoms with Gasteiger partial charge in [-0.25, -0.2) is 0 Å². The van der Waals surface area contributed by atoms with Crippen molar-refractivity contribution in [3.63, 3.8) is 0 Å². The molecule has 4 aromatic rings. The van der Waals surface area contributed by atoms with E-state index >= 15 is 0 Å². The van der Waals surface area contributed by atoms with Gasteiger partial charge in [-0.15, -0.1) is 0 Å². The van der Waals surface area contributed by atoms with Crippen molar-refractivity contribution in [3.05, 3.63) is 104 Å². The van der Waals surface area contributed by atoms with Crippen LogP contribution in [0.2, 0.25) is 10.0 Å². The van der Waals surface area contributed by atoms with E-state index in [0.717, 1.165) is 10.9 Å². The molecule has 0 spiro atoms. The van der Waals surface area contributed by atoms with Crippen LogP contribution in [0.25, 0.3) is 10.9 Å². The molecule has 1 N–H and O–H groups in total. The summed E-state index contributed by atoms with van der Waals surface area (Å²) in [5.41, 5.74) is 1.80. The molecule has 0 aliphatic heterocycles. The lowest BCUT2D eigenvalue weighted by Crippen LogP contribution is -2.32. The first-order valence-corrected chi connectivity index (χ1v) is 11.2. The van der Waals surface area contributed by atoms with Crippen LogP contribution in [0.5, 0.6) is 11.5 Å². The van der Waals surface area contributed by atoms with Crippen LogP contribution in [0.3, 0.4) is 0 Å². The number of hydrogen-bond acceptors (Lipinski definition) is 4. The molecule has 174 valence electrons. The number of methoxy groups -OCH3 is 2. The van der Waals surface area contributed by atoms with E-state index in [-0.39, 0.29) is 24.6 Å². The standard InChI is InChI=1S/C26H22Cl2N2O4/c1-33-23-12-17-11-18(25(31)29-22(17)13-24(23)34-2)15-30(14-16-7-3-5-9-20(16)27)26(32)19-8-4-6-10-21(19)28/h3-13H,14-15H2,1-2H3,(H,29,31). The van der Waals surface area contributed by atoms with Crippen LogP contribution < -0.4 is 15.0 Å². The first kappa shape index (κ1) is 23.7. The summed E-state index contributed by atoms with van der Waals surface area (Å²) < 4.78 is 10.7. The molecule has 0 atom stereocenters. The van der Waals surface area contributed by atoms with Gasteiger partial charge in [0, 0.05) is 28.6 Å². The number of carbonyl (C=O) groups excluding carboxylic acids is 1. The number of carbonyl (C=O) groups is 1. The second-order valence-electron chi connectivity index (χ2n) is 7.65. The molecule has 0 radical (unpaired) electrons. The second-order valence-corrected chi connectivity index (χ2v) is 8.47. The maximum absolute atomic E-state index is 13.5. The van der Waals surface area contributed by atoms with Crippen LogP contribution in [0.1, 0.15) is 21.5 Å². The van der Waals surface area contributed by atoms with E-state index in [2.05, 4.69) is 4.98 Å². The molecular weight excluding hydrogens is 475 g/mol. The Bertz CT molecular complexity index is 1420. The van der Waals surface area contributed by atoms with Gasteiger partial charge in [0.25, 0.3) is 11.5 Å². The molecule has 0 unspecified atom stereocenters. The van der Waals surface area contributed by atoms with Crippen molar-refractivity contribution < 1.29 is 14.3 Å². The molecule has 1 aromatic heterocycles. The first-order chi connectivity index (χ1) is 16.4. The summed E-state index contributed by atoms with van der Waals surface area (Å²) in [6, 6.07) is 19.3. The number of halogens is 2. The number of aromatic nitrogens is 1. The summed E-state index contributed by atoms with van der Waals surface area (Å²) in [5.74, 6) is 0.734. The van der Waals surface area contributed by atoms with Gasteiger partial charge >= 0.3 is 0 Å². The fraction of sp³-hybridized carbons (Fsp3) is 0.154. The molecule has 1 heterocycles. The van der Waals surface area contributed by atoms with Gasteiger partial charge in [-0.05, 0) is 35.9 Å². The molecule has 0 saturated heterocycles. The predicted octanol–water partition coefficient (Wildman–Crippen LogP) is 5.69. The zero-order valence-electron chi connectivity index (χ0n) is 18.6. The Balaban J connectivity index is 1.76. The van der Waals surface area contributed by atoms with Gasteiger partial charge in [0.1, 0.15) is 0 Å². The largest absolute Gasteiger partial charge is 0.493 e. The van der Waals surface area contributed by atoms with Gasteiger partial charge in [-0.1, -0.05) is 53.5 Å². The number of nitrogens with one attached hydrogen (secondary N) is 1. The minimum atomic E-state index is -0.309. The number of nitrogens with zero attached hydrogens (tertiary/aromatic N) is 1. The number of H-pyrrole nitrogens is 1. The molecule has 8 heteroatoms. The van der Waals surface area contributed by atoms with Crippen LogP contribution >= 0.6 is 23.2 Å². The highest BCUT2D eigenvalue weighted by molar-refractivity contribution is 6.33. The highest BCUT2D eigenvalue weighted by atomic mass is 35.5. The highest BCUT2D eigenvalue weighted by Gasteiger charge is 2.21. The van der Waals surface area contributed by atoms with Crippen LogP contribution in [0.4, 0.5) is 0 Å². The van der Waals surface area contributed by atoms with Crippen LogP contribution in [-0.2, 0) is 13.1 Å². The molecule has 4 rings (SSSR count). The van der Waals surface area contributed by atoms with E-state index < -0.39 is 0 Å². The normalized spacial score (nSPS) is 10.8. The van der Waals surface area contributed by atoms with Crippen molar-refractivity contribution in [2.75, 3.05) is 14.2 Å². The summed E-state index contributed by atoms with van der Waals surface area (Å²) in [6.45, 7) is 0.252. The summed E-state index contributed by atoms with van der Waals surface area (Å²) in [7, 11) is 3.08. The fourth-order valence-corrected chi connectivity index (χ4v) is 4.15. The zero-order chi connectivity index (χ0) is 24.2. The average Bonchev–Trinajstić information content (AvgIpc) is 2.84. The minimum absolute atomic E-state index is 0.0505. The highest BCUT2D eigenvalue weighted by Crippen LogP contribution is 2.31. The number of ether oxygens (including phenoxy) is 2. The average molecular weight is 497 g/mol. The Hall–Kier alpha value is -3.48. The zero-order valence-corrected chi connectivity index (χ0v) is 20.1. The topological polar surface area (TPSA) is 71.6 Å². The lowest BCUT2D eigenvalue weighted by Gasteiger charge is -2.24. The molecule has 34 heavy (non-hydrogen) atoms. The van der Waals surface area contributed by atoms with E-state index in [1.165, 1.54) is 7.11 Å².